The number of nitrogens with zero attached hydrogens (tertiary/aromatic N) is 1. The number of hydrogen-bond acceptors (Lipinski definition) is 3. The summed E-state index contributed by atoms with van der Waals surface area (Å²) in [6.45, 7) is 6.85. The number of sulfonamides is 1. The van der Waals surface area contributed by atoms with Crippen molar-refractivity contribution < 1.29 is 13.2 Å². The van der Waals surface area contributed by atoms with Crippen LogP contribution in [0.5, 0.6) is 0 Å². The van der Waals surface area contributed by atoms with E-state index in [1.54, 1.807) is 30.3 Å². The first kappa shape index (κ1) is 21.5. The SMILES string of the molecule is CCC(NC(=O)C1CCCN(S(=O)(=O)c2ccccc2)C1)c1ccc(C)cc1C. The lowest BCUT2D eigenvalue weighted by Gasteiger charge is -2.32. The summed E-state index contributed by atoms with van der Waals surface area (Å²) in [7, 11) is -3.57. The van der Waals surface area contributed by atoms with E-state index in [0.717, 1.165) is 17.5 Å². The summed E-state index contributed by atoms with van der Waals surface area (Å²) in [5, 5.41) is 3.16. The van der Waals surface area contributed by atoms with Crippen molar-refractivity contribution in [2.75, 3.05) is 13.1 Å². The topological polar surface area (TPSA) is 66.5 Å². The van der Waals surface area contributed by atoms with Gasteiger partial charge >= 0.3 is 0 Å². The number of hydrogen-bond donors (Lipinski definition) is 1. The molecule has 0 aromatic heterocycles. The first-order valence-electron chi connectivity index (χ1n) is 10.3. The maximum Gasteiger partial charge on any atom is 0.243 e. The normalized spacial score (nSPS) is 18.9. The number of carbonyl (C=O) groups is 1. The molecule has 29 heavy (non-hydrogen) atoms. The zero-order valence-corrected chi connectivity index (χ0v) is 18.2. The number of benzene rings is 2. The zero-order valence-electron chi connectivity index (χ0n) is 17.4. The quantitative estimate of drug-likeness (QED) is 0.778. The number of nitrogens with one attached hydrogen (secondary N) is 1. The van der Waals surface area contributed by atoms with Gasteiger partial charge in [0.2, 0.25) is 15.9 Å². The van der Waals surface area contributed by atoms with Gasteiger partial charge in [0.25, 0.3) is 0 Å². The van der Waals surface area contributed by atoms with Crippen LogP contribution in [0.15, 0.2) is 53.4 Å². The molecule has 6 heteroatoms. The molecule has 0 radical (unpaired) electrons. The smallest absolute Gasteiger partial charge is 0.243 e. The molecule has 1 heterocycles. The Balaban J connectivity index is 1.72. The van der Waals surface area contributed by atoms with Crippen LogP contribution in [0, 0.1) is 19.8 Å². The van der Waals surface area contributed by atoms with Gasteiger partial charge in [-0.05, 0) is 56.4 Å². The molecule has 0 bridgehead atoms. The minimum absolute atomic E-state index is 0.0650. The molecule has 2 aromatic carbocycles. The first-order chi connectivity index (χ1) is 13.8. The third kappa shape index (κ3) is 4.87. The maximum atomic E-state index is 13.0. The van der Waals surface area contributed by atoms with E-state index < -0.39 is 10.0 Å². The fourth-order valence-corrected chi connectivity index (χ4v) is 5.57. The monoisotopic (exact) mass is 414 g/mol. The number of carbonyl (C=O) groups excluding carboxylic acids is 1. The average Bonchev–Trinajstić information content (AvgIpc) is 2.73. The van der Waals surface area contributed by atoms with E-state index >= 15 is 0 Å². The lowest BCUT2D eigenvalue weighted by Crippen LogP contribution is -2.46. The highest BCUT2D eigenvalue weighted by Crippen LogP contribution is 2.26. The molecule has 3 rings (SSSR count). The maximum absolute atomic E-state index is 13.0. The van der Waals surface area contributed by atoms with Crippen LogP contribution in [-0.2, 0) is 14.8 Å². The van der Waals surface area contributed by atoms with Crippen LogP contribution in [0.1, 0.15) is 48.9 Å². The Bertz CT molecular complexity index is 957. The highest BCUT2D eigenvalue weighted by molar-refractivity contribution is 7.89. The average molecular weight is 415 g/mol. The van der Waals surface area contributed by atoms with Crippen molar-refractivity contribution in [1.82, 2.24) is 9.62 Å². The van der Waals surface area contributed by atoms with E-state index in [2.05, 4.69) is 44.3 Å². The van der Waals surface area contributed by atoms with Crippen LogP contribution < -0.4 is 5.32 Å². The third-order valence-electron chi connectivity index (χ3n) is 5.66. The van der Waals surface area contributed by atoms with Crippen molar-refractivity contribution >= 4 is 15.9 Å². The highest BCUT2D eigenvalue weighted by atomic mass is 32.2. The zero-order chi connectivity index (χ0) is 21.0. The molecule has 0 saturated carbocycles. The standard InChI is InChI=1S/C23H30N2O3S/c1-4-22(21-13-12-17(2)15-18(21)3)24-23(26)19-9-8-14-25(16-19)29(27,28)20-10-6-5-7-11-20/h5-7,10-13,15,19,22H,4,8-9,14,16H2,1-3H3,(H,24,26). The Morgan fingerprint density at radius 3 is 2.55 bits per heavy atom. The number of piperidine rings is 1. The molecule has 2 aromatic rings. The van der Waals surface area contributed by atoms with Crippen LogP contribution in [0.25, 0.3) is 0 Å². The van der Waals surface area contributed by atoms with E-state index in [9.17, 15) is 13.2 Å². The summed E-state index contributed by atoms with van der Waals surface area (Å²) >= 11 is 0. The summed E-state index contributed by atoms with van der Waals surface area (Å²) in [5.74, 6) is -0.396. The van der Waals surface area contributed by atoms with Crippen LogP contribution in [-0.4, -0.2) is 31.7 Å². The molecule has 1 aliphatic heterocycles. The Hall–Kier alpha value is -2.18. The molecule has 0 aliphatic carbocycles. The van der Waals surface area contributed by atoms with Gasteiger partial charge in [0, 0.05) is 13.1 Å². The fourth-order valence-electron chi connectivity index (χ4n) is 4.02. The number of amides is 1. The molecule has 1 saturated heterocycles. The molecule has 2 atom stereocenters. The van der Waals surface area contributed by atoms with Gasteiger partial charge < -0.3 is 5.32 Å². The lowest BCUT2D eigenvalue weighted by molar-refractivity contribution is -0.126. The second kappa shape index (κ2) is 9.09. The van der Waals surface area contributed by atoms with Gasteiger partial charge in [-0.2, -0.15) is 4.31 Å². The molecule has 5 nitrogen and oxygen atoms in total. The molecule has 2 unspecified atom stereocenters. The van der Waals surface area contributed by atoms with Crippen molar-refractivity contribution in [3.8, 4) is 0 Å². The van der Waals surface area contributed by atoms with Crippen molar-refractivity contribution in [2.45, 2.75) is 51.0 Å². The van der Waals surface area contributed by atoms with Gasteiger partial charge in [0.1, 0.15) is 0 Å². The first-order valence-corrected chi connectivity index (χ1v) is 11.7. The van der Waals surface area contributed by atoms with Crippen LogP contribution in [0.2, 0.25) is 0 Å². The summed E-state index contributed by atoms with van der Waals surface area (Å²) in [5.41, 5.74) is 3.48. The molecular formula is C23H30N2O3S. The van der Waals surface area contributed by atoms with E-state index in [-0.39, 0.29) is 29.3 Å². The summed E-state index contributed by atoms with van der Waals surface area (Å²) in [6, 6.07) is 14.6. The van der Waals surface area contributed by atoms with E-state index in [4.69, 9.17) is 0 Å². The molecule has 1 amide bonds. The van der Waals surface area contributed by atoms with Crippen molar-refractivity contribution in [1.29, 1.82) is 0 Å². The van der Waals surface area contributed by atoms with Gasteiger partial charge in [0.05, 0.1) is 16.9 Å². The highest BCUT2D eigenvalue weighted by Gasteiger charge is 2.33. The predicted octanol–water partition coefficient (Wildman–Crippen LogP) is 3.97. The fraction of sp³-hybridized carbons (Fsp3) is 0.435. The summed E-state index contributed by atoms with van der Waals surface area (Å²) in [6.07, 6.45) is 2.18. The molecule has 1 N–H and O–H groups in total. The van der Waals surface area contributed by atoms with Crippen LogP contribution >= 0.6 is 0 Å². The van der Waals surface area contributed by atoms with E-state index in [0.29, 0.717) is 19.4 Å². The number of rotatable bonds is 6. The minimum Gasteiger partial charge on any atom is -0.349 e. The molecule has 156 valence electrons. The largest absolute Gasteiger partial charge is 0.349 e. The second-order valence-corrected chi connectivity index (χ2v) is 9.78. The van der Waals surface area contributed by atoms with Crippen LogP contribution in [0.4, 0.5) is 0 Å². The minimum atomic E-state index is -3.57. The van der Waals surface area contributed by atoms with Crippen molar-refractivity contribution in [2.24, 2.45) is 5.92 Å². The second-order valence-electron chi connectivity index (χ2n) is 7.84. The van der Waals surface area contributed by atoms with Gasteiger partial charge in [-0.25, -0.2) is 8.42 Å². The molecule has 1 aliphatic rings. The summed E-state index contributed by atoms with van der Waals surface area (Å²) in [4.78, 5) is 13.3. The predicted molar refractivity (Wildman–Crippen MR) is 115 cm³/mol. The Morgan fingerprint density at radius 2 is 1.90 bits per heavy atom. The van der Waals surface area contributed by atoms with Gasteiger partial charge in [-0.3, -0.25) is 4.79 Å². The van der Waals surface area contributed by atoms with Gasteiger partial charge in [0.15, 0.2) is 0 Å². The Morgan fingerprint density at radius 1 is 1.17 bits per heavy atom. The Labute approximate surface area is 174 Å². The van der Waals surface area contributed by atoms with Crippen molar-refractivity contribution in [3.05, 3.63) is 65.2 Å². The third-order valence-corrected chi connectivity index (χ3v) is 7.54. The van der Waals surface area contributed by atoms with Gasteiger partial charge in [-0.15, -0.1) is 0 Å². The van der Waals surface area contributed by atoms with E-state index in [1.807, 2.05) is 0 Å². The van der Waals surface area contributed by atoms with E-state index in [1.165, 1.54) is 9.87 Å². The molecule has 1 fully saturated rings. The van der Waals surface area contributed by atoms with Crippen LogP contribution in [0.3, 0.4) is 0 Å². The number of aryl methyl sites for hydroxylation is 2. The van der Waals surface area contributed by atoms with Gasteiger partial charge in [-0.1, -0.05) is 48.9 Å². The van der Waals surface area contributed by atoms with Crippen molar-refractivity contribution in [3.63, 3.8) is 0 Å². The summed E-state index contributed by atoms with van der Waals surface area (Å²) < 4.78 is 27.3. The molecular weight excluding hydrogens is 384 g/mol. The Kier molecular flexibility index (Phi) is 6.75. The lowest BCUT2D eigenvalue weighted by atomic mass is 9.95. The molecule has 0 spiro atoms.